The van der Waals surface area contributed by atoms with Crippen LogP contribution in [0.25, 0.3) is 0 Å². The summed E-state index contributed by atoms with van der Waals surface area (Å²) < 4.78 is 36.4. The quantitative estimate of drug-likeness (QED) is 0.494. The predicted octanol–water partition coefficient (Wildman–Crippen LogP) is 1.61. The highest BCUT2D eigenvalue weighted by molar-refractivity contribution is 7.66. The lowest BCUT2D eigenvalue weighted by atomic mass is 10.2. The van der Waals surface area contributed by atoms with Crippen LogP contribution in [-0.4, -0.2) is 24.5 Å². The smallest absolute Gasteiger partial charge is 0.302 e. The van der Waals surface area contributed by atoms with Crippen molar-refractivity contribution in [1.82, 2.24) is 0 Å². The molecule has 0 unspecified atom stereocenters. The van der Waals surface area contributed by atoms with Crippen LogP contribution in [0.15, 0.2) is 24.3 Å². The SMILES string of the molecule is Cc1ccc(C)cc1.O=P(O)(O)OP(=O)(O)OP(=O)(O)O. The first-order chi connectivity index (χ1) is 9.20. The molecule has 0 aliphatic heterocycles. The molecule has 0 radical (unpaired) electrons. The average molecular weight is 364 g/mol. The van der Waals surface area contributed by atoms with E-state index in [-0.39, 0.29) is 0 Å². The average Bonchev–Trinajstić information content (AvgIpc) is 2.15. The maximum absolute atomic E-state index is 10.4. The van der Waals surface area contributed by atoms with Gasteiger partial charge in [0.15, 0.2) is 0 Å². The topological polar surface area (TPSA) is 171 Å². The fourth-order valence-electron chi connectivity index (χ4n) is 0.921. The molecule has 0 aromatic heterocycles. The second-order valence-corrected chi connectivity index (χ2v) is 7.97. The Morgan fingerprint density at radius 2 is 0.952 bits per heavy atom. The molecule has 21 heavy (non-hydrogen) atoms. The molecule has 0 fully saturated rings. The third-order valence-corrected chi connectivity index (χ3v) is 4.99. The first kappa shape index (κ1) is 20.6. The molecule has 0 bridgehead atoms. The summed E-state index contributed by atoms with van der Waals surface area (Å²) in [5.41, 5.74) is 2.66. The second-order valence-electron chi connectivity index (χ2n) is 3.77. The van der Waals surface area contributed by atoms with Gasteiger partial charge in [-0.3, -0.25) is 0 Å². The van der Waals surface area contributed by atoms with Crippen LogP contribution in [0.5, 0.6) is 0 Å². The lowest BCUT2D eigenvalue weighted by molar-refractivity contribution is 0.204. The number of benzene rings is 1. The molecule has 1 aromatic carbocycles. The van der Waals surface area contributed by atoms with Gasteiger partial charge in [0.05, 0.1) is 0 Å². The van der Waals surface area contributed by atoms with Crippen LogP contribution in [0.4, 0.5) is 0 Å². The van der Waals surface area contributed by atoms with E-state index in [1.54, 1.807) is 0 Å². The Labute approximate surface area is 120 Å². The highest BCUT2D eigenvalue weighted by atomic mass is 31.3. The summed E-state index contributed by atoms with van der Waals surface area (Å²) in [6, 6.07) is 8.48. The van der Waals surface area contributed by atoms with Crippen molar-refractivity contribution in [1.29, 1.82) is 0 Å². The van der Waals surface area contributed by atoms with E-state index in [2.05, 4.69) is 46.7 Å². The molecule has 0 spiro atoms. The standard InChI is InChI=1S/C8H10.H5O10P3/c1-7-3-5-8(2)6-4-7;1-11(2,3)9-13(7,8)10-12(4,5)6/h3-6H,1-2H3;(H,7,8)(H2,1,2,3)(H2,4,5,6). The van der Waals surface area contributed by atoms with Gasteiger partial charge in [0.25, 0.3) is 0 Å². The number of phosphoric acid groups is 3. The maximum atomic E-state index is 10.4. The van der Waals surface area contributed by atoms with Crippen molar-refractivity contribution in [2.24, 2.45) is 0 Å². The van der Waals surface area contributed by atoms with Crippen LogP contribution in [0, 0.1) is 13.8 Å². The number of rotatable bonds is 4. The Morgan fingerprint density at radius 1 is 0.714 bits per heavy atom. The summed E-state index contributed by atoms with van der Waals surface area (Å²) in [7, 11) is -16.2. The zero-order valence-electron chi connectivity index (χ0n) is 10.9. The van der Waals surface area contributed by atoms with E-state index < -0.39 is 23.5 Å². The molecule has 0 aliphatic carbocycles. The van der Waals surface area contributed by atoms with Gasteiger partial charge in [0.1, 0.15) is 0 Å². The molecule has 1 aromatic rings. The van der Waals surface area contributed by atoms with Gasteiger partial charge in [-0.2, -0.15) is 8.62 Å². The molecular formula is C8H15O10P3. The molecule has 5 N–H and O–H groups in total. The van der Waals surface area contributed by atoms with Gasteiger partial charge in [0, 0.05) is 0 Å². The molecule has 0 saturated heterocycles. The molecule has 10 nitrogen and oxygen atoms in total. The minimum Gasteiger partial charge on any atom is -0.302 e. The molecule has 0 atom stereocenters. The molecule has 1 rings (SSSR count). The van der Waals surface area contributed by atoms with Gasteiger partial charge in [0.2, 0.25) is 0 Å². The fraction of sp³-hybridized carbons (Fsp3) is 0.250. The molecule has 0 aliphatic rings. The van der Waals surface area contributed by atoms with Crippen LogP contribution >= 0.6 is 23.5 Å². The van der Waals surface area contributed by atoms with E-state index >= 15 is 0 Å². The minimum atomic E-state index is -5.46. The summed E-state index contributed by atoms with van der Waals surface area (Å²) in [6.45, 7) is 4.19. The Kier molecular flexibility index (Phi) is 7.62. The van der Waals surface area contributed by atoms with Crippen molar-refractivity contribution in [3.63, 3.8) is 0 Å². The Hall–Kier alpha value is -0.370. The molecule has 0 amide bonds. The third kappa shape index (κ3) is 13.0. The van der Waals surface area contributed by atoms with Crippen molar-refractivity contribution >= 4 is 23.5 Å². The third-order valence-electron chi connectivity index (χ3n) is 1.64. The monoisotopic (exact) mass is 364 g/mol. The first-order valence-corrected chi connectivity index (χ1v) is 9.66. The summed E-state index contributed by atoms with van der Waals surface area (Å²) in [6.07, 6.45) is 0. The zero-order chi connectivity index (χ0) is 16.9. The highest BCUT2D eigenvalue weighted by Crippen LogP contribution is 2.64. The Balaban J connectivity index is 0.000000423. The van der Waals surface area contributed by atoms with Gasteiger partial charge in [-0.15, -0.1) is 0 Å². The summed E-state index contributed by atoms with van der Waals surface area (Å²) >= 11 is 0. The van der Waals surface area contributed by atoms with Crippen LogP contribution in [0.1, 0.15) is 11.1 Å². The fourth-order valence-corrected chi connectivity index (χ4v) is 3.46. The maximum Gasteiger partial charge on any atom is 0.490 e. The second kappa shape index (κ2) is 7.76. The van der Waals surface area contributed by atoms with E-state index in [0.29, 0.717) is 0 Å². The normalized spacial score (nSPS) is 12.5. The number of hydrogen-bond acceptors (Lipinski definition) is 5. The minimum absolute atomic E-state index is 1.33. The highest BCUT2D eigenvalue weighted by Gasteiger charge is 2.38. The van der Waals surface area contributed by atoms with E-state index in [0.717, 1.165) is 0 Å². The van der Waals surface area contributed by atoms with Crippen molar-refractivity contribution in [2.45, 2.75) is 13.8 Å². The molecule has 0 heterocycles. The van der Waals surface area contributed by atoms with Crippen LogP contribution < -0.4 is 0 Å². The van der Waals surface area contributed by atoms with E-state index in [9.17, 15) is 13.7 Å². The zero-order valence-corrected chi connectivity index (χ0v) is 13.6. The van der Waals surface area contributed by atoms with Crippen molar-refractivity contribution in [3.05, 3.63) is 35.4 Å². The summed E-state index contributed by atoms with van der Waals surface area (Å²) in [4.78, 5) is 40.2. The van der Waals surface area contributed by atoms with Crippen molar-refractivity contribution in [2.75, 3.05) is 0 Å². The lowest BCUT2D eigenvalue weighted by Gasteiger charge is -2.11. The lowest BCUT2D eigenvalue weighted by Crippen LogP contribution is -1.91. The van der Waals surface area contributed by atoms with Crippen molar-refractivity contribution in [3.8, 4) is 0 Å². The van der Waals surface area contributed by atoms with Gasteiger partial charge in [-0.25, -0.2) is 13.7 Å². The van der Waals surface area contributed by atoms with Gasteiger partial charge >= 0.3 is 23.5 Å². The summed E-state index contributed by atoms with van der Waals surface area (Å²) in [5.74, 6) is 0. The van der Waals surface area contributed by atoms with Gasteiger partial charge in [-0.05, 0) is 13.8 Å². The molecule has 0 saturated carbocycles. The van der Waals surface area contributed by atoms with Crippen molar-refractivity contribution < 1.29 is 46.8 Å². The van der Waals surface area contributed by atoms with E-state index in [1.807, 2.05) is 0 Å². The molecular weight excluding hydrogens is 349 g/mol. The largest absolute Gasteiger partial charge is 0.490 e. The predicted molar refractivity (Wildman–Crippen MR) is 72.0 cm³/mol. The van der Waals surface area contributed by atoms with Crippen LogP contribution in [0.3, 0.4) is 0 Å². The van der Waals surface area contributed by atoms with Gasteiger partial charge < -0.3 is 24.5 Å². The molecule has 13 heteroatoms. The number of hydrogen-bond donors (Lipinski definition) is 5. The van der Waals surface area contributed by atoms with Crippen LogP contribution in [0.2, 0.25) is 0 Å². The Bertz CT molecular complexity index is 536. The first-order valence-electron chi connectivity index (χ1n) is 5.10. The Morgan fingerprint density at radius 3 is 1.14 bits per heavy atom. The number of aryl methyl sites for hydroxylation is 2. The van der Waals surface area contributed by atoms with Crippen LogP contribution in [-0.2, 0) is 22.3 Å². The van der Waals surface area contributed by atoms with E-state index in [1.165, 1.54) is 11.1 Å². The molecule has 122 valence electrons. The summed E-state index contributed by atoms with van der Waals surface area (Å²) in [5, 5.41) is 0. The van der Waals surface area contributed by atoms with Gasteiger partial charge in [-0.1, -0.05) is 35.4 Å². The van der Waals surface area contributed by atoms with E-state index in [4.69, 9.17) is 24.5 Å².